The molecule has 5 aromatic rings. The number of amides is 1. The number of carbonyl (C=O) groups is 1. The summed E-state index contributed by atoms with van der Waals surface area (Å²) in [5.41, 5.74) is 3.71. The monoisotopic (exact) mass is 447 g/mol. The van der Waals surface area contributed by atoms with Gasteiger partial charge in [-0.25, -0.2) is 9.67 Å². The Morgan fingerprint density at radius 1 is 1.28 bits per heavy atom. The molecule has 0 bridgehead atoms. The number of imidazole rings is 1. The number of hydrogen-bond donors (Lipinski definition) is 2. The van der Waals surface area contributed by atoms with Crippen LogP contribution in [0.25, 0.3) is 21.9 Å². The number of hydrogen-bond acceptors (Lipinski definition) is 7. The minimum atomic E-state index is -0.330. The van der Waals surface area contributed by atoms with E-state index in [4.69, 9.17) is 0 Å². The maximum Gasteiger partial charge on any atom is 0.253 e. The highest BCUT2D eigenvalue weighted by Crippen LogP contribution is 2.30. The highest BCUT2D eigenvalue weighted by molar-refractivity contribution is 7.15. The van der Waals surface area contributed by atoms with Crippen molar-refractivity contribution in [3.63, 3.8) is 0 Å². The smallest absolute Gasteiger partial charge is 0.253 e. The summed E-state index contributed by atoms with van der Waals surface area (Å²) in [6.45, 7) is 5.95. The lowest BCUT2D eigenvalue weighted by Crippen LogP contribution is -2.28. The summed E-state index contributed by atoms with van der Waals surface area (Å²) in [5, 5.41) is 19.1. The van der Waals surface area contributed by atoms with Crippen molar-refractivity contribution >= 4 is 22.9 Å². The van der Waals surface area contributed by atoms with Crippen LogP contribution in [0.4, 0.5) is 0 Å². The fourth-order valence-electron chi connectivity index (χ4n) is 3.58. The second-order valence-corrected chi connectivity index (χ2v) is 8.71. The fourth-order valence-corrected chi connectivity index (χ4v) is 4.45. The van der Waals surface area contributed by atoms with Gasteiger partial charge in [0.15, 0.2) is 11.5 Å². The van der Waals surface area contributed by atoms with E-state index in [-0.39, 0.29) is 11.9 Å². The van der Waals surface area contributed by atoms with E-state index in [0.717, 1.165) is 22.7 Å². The maximum atomic E-state index is 13.2. The Bertz CT molecular complexity index is 1400. The van der Waals surface area contributed by atoms with Gasteiger partial charge in [0.05, 0.1) is 40.3 Å². The first-order valence-corrected chi connectivity index (χ1v) is 11.0. The van der Waals surface area contributed by atoms with Crippen LogP contribution in [0.2, 0.25) is 0 Å². The Kier molecular flexibility index (Phi) is 5.02. The second-order valence-electron chi connectivity index (χ2n) is 7.42. The van der Waals surface area contributed by atoms with Crippen LogP contribution < -0.4 is 5.32 Å². The number of fused-ring (bicyclic) bond motifs is 1. The van der Waals surface area contributed by atoms with E-state index in [9.17, 15) is 4.79 Å². The number of nitrogens with one attached hydrogen (secondary N) is 2. The van der Waals surface area contributed by atoms with Crippen LogP contribution in [0, 0.1) is 6.92 Å². The molecule has 1 amide bonds. The lowest BCUT2D eigenvalue weighted by Gasteiger charge is -2.14. The van der Waals surface area contributed by atoms with Gasteiger partial charge in [-0.1, -0.05) is 12.1 Å². The van der Waals surface area contributed by atoms with Gasteiger partial charge in [0.2, 0.25) is 0 Å². The van der Waals surface area contributed by atoms with Gasteiger partial charge in [-0.3, -0.25) is 9.20 Å². The first kappa shape index (κ1) is 20.1. The predicted molar refractivity (Wildman–Crippen MR) is 120 cm³/mol. The van der Waals surface area contributed by atoms with Crippen LogP contribution >= 0.6 is 11.3 Å². The summed E-state index contributed by atoms with van der Waals surface area (Å²) < 4.78 is 3.68. The van der Waals surface area contributed by atoms with E-state index in [0.29, 0.717) is 22.7 Å². The summed E-state index contributed by atoms with van der Waals surface area (Å²) in [4.78, 5) is 23.1. The molecule has 0 saturated heterocycles. The van der Waals surface area contributed by atoms with Gasteiger partial charge in [0.25, 0.3) is 5.91 Å². The average molecular weight is 448 g/mol. The third-order valence-electron chi connectivity index (χ3n) is 5.25. The van der Waals surface area contributed by atoms with Crippen LogP contribution in [-0.4, -0.2) is 45.5 Å². The zero-order valence-corrected chi connectivity index (χ0v) is 18.6. The summed E-state index contributed by atoms with van der Waals surface area (Å²) >= 11 is 1.68. The average Bonchev–Trinajstić information content (AvgIpc) is 3.59. The second kappa shape index (κ2) is 8.00. The molecule has 5 rings (SSSR count). The summed E-state index contributed by atoms with van der Waals surface area (Å²) in [5.74, 6) is 0.346. The van der Waals surface area contributed by atoms with Gasteiger partial charge >= 0.3 is 0 Å². The molecule has 0 radical (unpaired) electrons. The highest BCUT2D eigenvalue weighted by atomic mass is 32.1. The zero-order valence-electron chi connectivity index (χ0n) is 17.8. The van der Waals surface area contributed by atoms with E-state index < -0.39 is 0 Å². The lowest BCUT2D eigenvalue weighted by molar-refractivity contribution is 0.0938. The van der Waals surface area contributed by atoms with Crippen molar-refractivity contribution in [2.75, 3.05) is 0 Å². The van der Waals surface area contributed by atoms with E-state index in [1.807, 2.05) is 24.4 Å². The van der Waals surface area contributed by atoms with Gasteiger partial charge in [-0.2, -0.15) is 0 Å². The molecule has 0 fully saturated rings. The Hall–Kier alpha value is -3.86. The Morgan fingerprint density at radius 3 is 2.88 bits per heavy atom. The largest absolute Gasteiger partial charge is 0.342 e. The van der Waals surface area contributed by atoms with Gasteiger partial charge in [0, 0.05) is 11.1 Å². The number of pyridine rings is 1. The lowest BCUT2D eigenvalue weighted by atomic mass is 10.2. The van der Waals surface area contributed by atoms with Crippen LogP contribution in [0.1, 0.15) is 46.6 Å². The molecule has 5 heterocycles. The number of nitrogens with zero attached hydrogens (tertiary/aromatic N) is 7. The molecule has 0 aliphatic rings. The van der Waals surface area contributed by atoms with Crippen LogP contribution in [0.15, 0.2) is 43.1 Å². The maximum absolute atomic E-state index is 13.2. The standard InChI is InChI=1S/C21H21N9OS/c1-4-15-8-24-28-30(15)16-7-14(21(31)26-13(3)19-23-11-25-27-19)10-29-17(9-22-20(16)29)18-6-5-12(2)32-18/h5-11,13H,4H2,1-3H3,(H,26,31)(H,23,25,27). The van der Waals surface area contributed by atoms with Crippen LogP contribution in [0.5, 0.6) is 0 Å². The van der Waals surface area contributed by atoms with Crippen LogP contribution in [-0.2, 0) is 6.42 Å². The Morgan fingerprint density at radius 2 is 2.16 bits per heavy atom. The van der Waals surface area contributed by atoms with Crippen molar-refractivity contribution in [1.29, 1.82) is 0 Å². The number of aryl methyl sites for hydroxylation is 2. The zero-order chi connectivity index (χ0) is 22.2. The van der Waals surface area contributed by atoms with Crippen LogP contribution in [0.3, 0.4) is 0 Å². The molecule has 0 saturated carbocycles. The number of aromatic nitrogens is 8. The molecule has 1 atom stereocenters. The normalized spacial score (nSPS) is 12.3. The van der Waals surface area contributed by atoms with Crippen molar-refractivity contribution in [2.24, 2.45) is 0 Å². The molecular weight excluding hydrogens is 426 g/mol. The molecule has 0 aromatic carbocycles. The predicted octanol–water partition coefficient (Wildman–Crippen LogP) is 3.12. The number of carbonyl (C=O) groups excluding carboxylic acids is 1. The molecule has 5 aromatic heterocycles. The number of H-pyrrole nitrogens is 1. The molecule has 11 heteroatoms. The molecule has 0 aliphatic carbocycles. The summed E-state index contributed by atoms with van der Waals surface area (Å²) in [7, 11) is 0. The van der Waals surface area contributed by atoms with Gasteiger partial charge in [-0.05, 0) is 38.5 Å². The fraction of sp³-hybridized carbons (Fsp3) is 0.238. The minimum Gasteiger partial charge on any atom is -0.342 e. The first-order chi connectivity index (χ1) is 15.5. The first-order valence-electron chi connectivity index (χ1n) is 10.2. The molecule has 1 unspecified atom stereocenters. The molecule has 10 nitrogen and oxygen atoms in total. The molecule has 32 heavy (non-hydrogen) atoms. The minimum absolute atomic E-state index is 0.239. The van der Waals surface area contributed by atoms with E-state index in [1.54, 1.807) is 34.5 Å². The molecular formula is C21H21N9OS. The van der Waals surface area contributed by atoms with Crippen molar-refractivity contribution in [3.8, 4) is 16.3 Å². The molecule has 2 N–H and O–H groups in total. The third-order valence-corrected chi connectivity index (χ3v) is 6.27. The Balaban J connectivity index is 1.65. The Labute approximate surface area is 187 Å². The quantitative estimate of drug-likeness (QED) is 0.413. The summed E-state index contributed by atoms with van der Waals surface area (Å²) in [6.07, 6.45) is 7.59. The van der Waals surface area contributed by atoms with Crippen molar-refractivity contribution in [3.05, 3.63) is 65.1 Å². The van der Waals surface area contributed by atoms with Crippen molar-refractivity contribution in [2.45, 2.75) is 33.2 Å². The summed E-state index contributed by atoms with van der Waals surface area (Å²) in [6, 6.07) is 5.60. The highest BCUT2D eigenvalue weighted by Gasteiger charge is 2.20. The number of aromatic amines is 1. The van der Waals surface area contributed by atoms with Crippen molar-refractivity contribution in [1.82, 2.24) is 44.9 Å². The van der Waals surface area contributed by atoms with E-state index in [2.05, 4.69) is 54.9 Å². The topological polar surface area (TPSA) is 119 Å². The number of rotatable bonds is 6. The van der Waals surface area contributed by atoms with E-state index >= 15 is 0 Å². The SMILES string of the molecule is CCc1cnnn1-c1cc(C(=O)NC(C)c2nnc[nH]2)cn2c(-c3ccc(C)s3)cnc12. The van der Waals surface area contributed by atoms with Gasteiger partial charge < -0.3 is 10.3 Å². The van der Waals surface area contributed by atoms with Gasteiger partial charge in [0.1, 0.15) is 12.0 Å². The van der Waals surface area contributed by atoms with E-state index in [1.165, 1.54) is 11.2 Å². The molecule has 0 spiro atoms. The van der Waals surface area contributed by atoms with Gasteiger partial charge in [-0.15, -0.1) is 26.6 Å². The molecule has 162 valence electrons. The van der Waals surface area contributed by atoms with Crippen molar-refractivity contribution < 1.29 is 4.79 Å². The molecule has 0 aliphatic heterocycles. The number of thiophene rings is 1. The third kappa shape index (κ3) is 3.46.